The minimum Gasteiger partial charge on any atom is -0.391 e. The van der Waals surface area contributed by atoms with Gasteiger partial charge in [0.25, 0.3) is 5.91 Å². The van der Waals surface area contributed by atoms with Gasteiger partial charge in [0.05, 0.1) is 17.4 Å². The summed E-state index contributed by atoms with van der Waals surface area (Å²) in [5.74, 6) is -0.142. The summed E-state index contributed by atoms with van der Waals surface area (Å²) in [6.07, 6.45) is 1.09. The third-order valence-electron chi connectivity index (χ3n) is 3.30. The lowest BCUT2D eigenvalue weighted by molar-refractivity contribution is 0.0474. The van der Waals surface area contributed by atoms with Crippen LogP contribution < -0.4 is 5.12 Å². The Bertz CT molecular complexity index is 511. The zero-order valence-electron chi connectivity index (χ0n) is 13.3. The first-order valence-electron chi connectivity index (χ1n) is 7.47. The Labute approximate surface area is 131 Å². The molecule has 1 amide bonds. The summed E-state index contributed by atoms with van der Waals surface area (Å²) in [5.41, 5.74) is 1.00. The second-order valence-electron chi connectivity index (χ2n) is 4.64. The van der Waals surface area contributed by atoms with Gasteiger partial charge in [-0.05, 0) is 25.0 Å². The molecule has 1 fully saturated rings. The maximum Gasteiger partial charge on any atom is 0.256 e. The van der Waals surface area contributed by atoms with Crippen LogP contribution in [0.15, 0.2) is 34.5 Å². The first-order chi connectivity index (χ1) is 10.7. The van der Waals surface area contributed by atoms with Crippen molar-refractivity contribution in [3.05, 3.63) is 29.8 Å². The van der Waals surface area contributed by atoms with Crippen LogP contribution in [-0.2, 0) is 0 Å². The van der Waals surface area contributed by atoms with Crippen molar-refractivity contribution >= 4 is 25.0 Å². The van der Waals surface area contributed by atoms with Crippen LogP contribution in [0.5, 0.6) is 0 Å². The molecule has 0 saturated carbocycles. The highest BCUT2D eigenvalue weighted by molar-refractivity contribution is 5.99. The van der Waals surface area contributed by atoms with E-state index in [4.69, 9.17) is 0 Å². The quantitative estimate of drug-likeness (QED) is 0.686. The molecule has 0 aliphatic carbocycles. The fourth-order valence-corrected chi connectivity index (χ4v) is 2.34. The van der Waals surface area contributed by atoms with E-state index in [9.17, 15) is 9.90 Å². The van der Waals surface area contributed by atoms with Crippen LogP contribution in [0.2, 0.25) is 0 Å². The Morgan fingerprint density at radius 3 is 2.55 bits per heavy atom. The van der Waals surface area contributed by atoms with E-state index in [1.165, 1.54) is 5.12 Å². The summed E-state index contributed by atoms with van der Waals surface area (Å²) in [6.45, 7) is 11.8. The van der Waals surface area contributed by atoms with Gasteiger partial charge in [0.1, 0.15) is 0 Å². The molecule has 22 heavy (non-hydrogen) atoms. The number of para-hydroxylation sites is 1. The summed E-state index contributed by atoms with van der Waals surface area (Å²) >= 11 is 0. The number of hydrazone groups is 2. The summed E-state index contributed by atoms with van der Waals surface area (Å²) < 4.78 is 0. The first kappa shape index (κ1) is 17.8. The molecule has 0 spiro atoms. The van der Waals surface area contributed by atoms with E-state index >= 15 is 0 Å². The highest BCUT2D eigenvalue weighted by Crippen LogP contribution is 2.24. The molecule has 0 aromatic heterocycles. The minimum absolute atomic E-state index is 0.142. The van der Waals surface area contributed by atoms with Gasteiger partial charge in [0, 0.05) is 26.5 Å². The lowest BCUT2D eigenvalue weighted by Gasteiger charge is -2.31. The van der Waals surface area contributed by atoms with Gasteiger partial charge in [0.15, 0.2) is 0 Å². The molecule has 1 saturated heterocycles. The molecule has 1 aromatic carbocycles. The molecule has 6 nitrogen and oxygen atoms in total. The number of amides is 1. The van der Waals surface area contributed by atoms with Gasteiger partial charge in [-0.25, -0.2) is 0 Å². The number of benzene rings is 1. The Morgan fingerprint density at radius 1 is 1.32 bits per heavy atom. The second kappa shape index (κ2) is 8.94. The molecule has 1 N–H and O–H groups in total. The van der Waals surface area contributed by atoms with Gasteiger partial charge in [0.2, 0.25) is 0 Å². The van der Waals surface area contributed by atoms with E-state index in [0.717, 1.165) is 12.8 Å². The number of hydrogen-bond donors (Lipinski definition) is 1. The number of β-amino-alcohol motifs (C(OH)–C–C–N with tert-alkyl or cyclic N) is 1. The van der Waals surface area contributed by atoms with Gasteiger partial charge in [-0.1, -0.05) is 26.0 Å². The second-order valence-corrected chi connectivity index (χ2v) is 4.64. The highest BCUT2D eigenvalue weighted by atomic mass is 16.3. The maximum atomic E-state index is 12.6. The zero-order chi connectivity index (χ0) is 16.5. The van der Waals surface area contributed by atoms with Crippen molar-refractivity contribution in [3.8, 4) is 0 Å². The molecule has 1 aliphatic heterocycles. The standard InChI is InChI=1S/C14H18N4O2.C2H6/c1-15-18(16-2)13-8-4-3-7-12(13)14(20)17-9-5-6-11(19)10-17;1-2/h3-4,7-8,11,19H,1-2,5-6,9-10H2;1-2H3/t11-;/m1./s1. The highest BCUT2D eigenvalue weighted by Gasteiger charge is 2.25. The van der Waals surface area contributed by atoms with Crippen LogP contribution in [0, 0.1) is 0 Å². The van der Waals surface area contributed by atoms with Gasteiger partial charge in [-0.2, -0.15) is 15.3 Å². The van der Waals surface area contributed by atoms with Crippen LogP contribution in [0.4, 0.5) is 5.69 Å². The maximum absolute atomic E-state index is 12.6. The number of piperidine rings is 1. The third-order valence-corrected chi connectivity index (χ3v) is 3.30. The normalized spacial score (nSPS) is 17.0. The van der Waals surface area contributed by atoms with Gasteiger partial charge >= 0.3 is 0 Å². The van der Waals surface area contributed by atoms with E-state index < -0.39 is 6.10 Å². The molecule has 1 atom stereocenters. The predicted molar refractivity (Wildman–Crippen MR) is 90.5 cm³/mol. The smallest absolute Gasteiger partial charge is 0.256 e. The van der Waals surface area contributed by atoms with Gasteiger partial charge < -0.3 is 10.0 Å². The van der Waals surface area contributed by atoms with Crippen molar-refractivity contribution in [2.45, 2.75) is 32.8 Å². The Balaban J connectivity index is 0.00000116. The van der Waals surface area contributed by atoms with Crippen LogP contribution in [0.25, 0.3) is 0 Å². The van der Waals surface area contributed by atoms with E-state index in [1.807, 2.05) is 13.8 Å². The van der Waals surface area contributed by atoms with E-state index in [2.05, 4.69) is 23.6 Å². The predicted octanol–water partition coefficient (Wildman–Crippen LogP) is 2.35. The van der Waals surface area contributed by atoms with Gasteiger partial charge in [-0.3, -0.25) is 4.79 Å². The Morgan fingerprint density at radius 2 is 1.95 bits per heavy atom. The Hall–Kier alpha value is -2.21. The molecular weight excluding hydrogens is 280 g/mol. The Kier molecular flexibility index (Phi) is 7.25. The van der Waals surface area contributed by atoms with E-state index in [1.54, 1.807) is 29.2 Å². The topological polar surface area (TPSA) is 68.5 Å². The van der Waals surface area contributed by atoms with Crippen LogP contribution >= 0.6 is 0 Å². The molecule has 1 aromatic rings. The van der Waals surface area contributed by atoms with E-state index in [0.29, 0.717) is 24.3 Å². The van der Waals surface area contributed by atoms with Crippen LogP contribution in [0.3, 0.4) is 0 Å². The molecule has 6 heteroatoms. The number of carbonyl (C=O) groups excluding carboxylic acids is 1. The first-order valence-corrected chi connectivity index (χ1v) is 7.47. The molecule has 0 radical (unpaired) electrons. The van der Waals surface area contributed by atoms with Crippen LogP contribution in [-0.4, -0.2) is 48.5 Å². The summed E-state index contributed by atoms with van der Waals surface area (Å²) in [6, 6.07) is 7.01. The average Bonchev–Trinajstić information content (AvgIpc) is 2.58. The molecule has 0 unspecified atom stereocenters. The summed E-state index contributed by atoms with van der Waals surface area (Å²) in [4.78, 5) is 14.2. The largest absolute Gasteiger partial charge is 0.391 e. The fraction of sp³-hybridized carbons (Fsp3) is 0.438. The third kappa shape index (κ3) is 4.14. The number of likely N-dealkylation sites (tertiary alicyclic amines) is 1. The molecule has 1 aliphatic rings. The van der Waals surface area contributed by atoms with Crippen molar-refractivity contribution in [2.75, 3.05) is 18.2 Å². The number of nitrogens with zero attached hydrogens (tertiary/aromatic N) is 4. The lowest BCUT2D eigenvalue weighted by Crippen LogP contribution is -2.42. The van der Waals surface area contributed by atoms with Gasteiger partial charge in [-0.15, -0.1) is 0 Å². The number of anilines is 1. The molecule has 120 valence electrons. The van der Waals surface area contributed by atoms with Crippen molar-refractivity contribution in [2.24, 2.45) is 10.2 Å². The van der Waals surface area contributed by atoms with Crippen molar-refractivity contribution in [1.82, 2.24) is 4.90 Å². The van der Waals surface area contributed by atoms with E-state index in [-0.39, 0.29) is 5.91 Å². The fourth-order valence-electron chi connectivity index (χ4n) is 2.34. The monoisotopic (exact) mass is 304 g/mol. The lowest BCUT2D eigenvalue weighted by atomic mass is 10.1. The van der Waals surface area contributed by atoms with Crippen LogP contribution in [0.1, 0.15) is 37.0 Å². The van der Waals surface area contributed by atoms with Crippen molar-refractivity contribution in [1.29, 1.82) is 0 Å². The molecule has 0 bridgehead atoms. The van der Waals surface area contributed by atoms with Crippen molar-refractivity contribution in [3.63, 3.8) is 0 Å². The molecule has 1 heterocycles. The number of carbonyl (C=O) groups is 1. The van der Waals surface area contributed by atoms with Crippen molar-refractivity contribution < 1.29 is 9.90 Å². The molecular formula is C16H24N4O2. The number of rotatable bonds is 4. The SMILES string of the molecule is C=NN(N=C)c1ccccc1C(=O)N1CCC[C@@H](O)C1.CC. The minimum atomic E-state index is -0.453. The average molecular weight is 304 g/mol. The number of aliphatic hydroxyl groups excluding tert-OH is 1. The molecule has 2 rings (SSSR count). The zero-order valence-corrected chi connectivity index (χ0v) is 13.3. The summed E-state index contributed by atoms with van der Waals surface area (Å²) in [7, 11) is 0. The summed E-state index contributed by atoms with van der Waals surface area (Å²) in [5, 5.41) is 18.3. The number of aliphatic hydroxyl groups is 1. The number of hydrogen-bond acceptors (Lipinski definition) is 5.